The van der Waals surface area contributed by atoms with Crippen molar-refractivity contribution in [1.82, 2.24) is 5.32 Å². The molecule has 4 heteroatoms. The molecule has 0 bridgehead atoms. The van der Waals surface area contributed by atoms with Crippen LogP contribution in [0.1, 0.15) is 37.8 Å². The summed E-state index contributed by atoms with van der Waals surface area (Å²) in [6.07, 6.45) is 3.22. The first-order valence-corrected chi connectivity index (χ1v) is 8.67. The highest BCUT2D eigenvalue weighted by Crippen LogP contribution is 2.33. The first-order valence-electron chi connectivity index (χ1n) is 7.35. The summed E-state index contributed by atoms with van der Waals surface area (Å²) in [5.74, 6) is 1.78. The SMILES string of the molecule is CCC(CC)(CCl)CNCc1cc(Br)cc2c1OCC2. The van der Waals surface area contributed by atoms with Crippen molar-refractivity contribution in [3.05, 3.63) is 27.7 Å². The number of rotatable bonds is 7. The number of benzene rings is 1. The van der Waals surface area contributed by atoms with Crippen LogP contribution in [0.3, 0.4) is 0 Å². The number of hydrogen-bond acceptors (Lipinski definition) is 2. The third-order valence-electron chi connectivity index (χ3n) is 4.42. The van der Waals surface area contributed by atoms with Crippen molar-refractivity contribution < 1.29 is 4.74 Å². The highest BCUT2D eigenvalue weighted by Gasteiger charge is 2.25. The lowest BCUT2D eigenvalue weighted by atomic mass is 9.84. The number of fused-ring (bicyclic) bond motifs is 1. The van der Waals surface area contributed by atoms with Gasteiger partial charge in [0.1, 0.15) is 5.75 Å². The molecule has 1 aliphatic heterocycles. The van der Waals surface area contributed by atoms with Gasteiger partial charge in [-0.2, -0.15) is 0 Å². The molecular weight excluding hydrogens is 338 g/mol. The van der Waals surface area contributed by atoms with Gasteiger partial charge in [-0.1, -0.05) is 29.8 Å². The van der Waals surface area contributed by atoms with Gasteiger partial charge in [0.25, 0.3) is 0 Å². The van der Waals surface area contributed by atoms with E-state index < -0.39 is 0 Å². The van der Waals surface area contributed by atoms with Gasteiger partial charge in [0, 0.05) is 35.4 Å². The van der Waals surface area contributed by atoms with Crippen molar-refractivity contribution >= 4 is 27.5 Å². The van der Waals surface area contributed by atoms with Crippen LogP contribution in [0.5, 0.6) is 5.75 Å². The van der Waals surface area contributed by atoms with Gasteiger partial charge in [-0.05, 0) is 36.0 Å². The summed E-state index contributed by atoms with van der Waals surface area (Å²) < 4.78 is 6.89. The number of ether oxygens (including phenoxy) is 1. The Bertz CT molecular complexity index is 452. The Labute approximate surface area is 135 Å². The molecule has 20 heavy (non-hydrogen) atoms. The fraction of sp³-hybridized carbons (Fsp3) is 0.625. The van der Waals surface area contributed by atoms with E-state index in [9.17, 15) is 0 Å². The van der Waals surface area contributed by atoms with Gasteiger partial charge in [-0.15, -0.1) is 11.6 Å². The number of hydrogen-bond donors (Lipinski definition) is 1. The quantitative estimate of drug-likeness (QED) is 0.722. The van der Waals surface area contributed by atoms with Crippen LogP contribution in [0.4, 0.5) is 0 Å². The average molecular weight is 361 g/mol. The topological polar surface area (TPSA) is 21.3 Å². The Kier molecular flexibility index (Phi) is 5.76. The normalized spacial score (nSPS) is 14.2. The average Bonchev–Trinajstić information content (AvgIpc) is 2.92. The summed E-state index contributed by atoms with van der Waals surface area (Å²) in [6, 6.07) is 4.31. The third-order valence-corrected chi connectivity index (χ3v) is 5.45. The fourth-order valence-corrected chi connectivity index (χ4v) is 3.70. The Morgan fingerprint density at radius 2 is 2.10 bits per heavy atom. The summed E-state index contributed by atoms with van der Waals surface area (Å²) in [6.45, 7) is 7.01. The molecule has 0 aromatic heterocycles. The Morgan fingerprint density at radius 3 is 2.75 bits per heavy atom. The van der Waals surface area contributed by atoms with Crippen molar-refractivity contribution in [3.63, 3.8) is 0 Å². The second-order valence-corrected chi connectivity index (χ2v) is 6.78. The van der Waals surface area contributed by atoms with Crippen LogP contribution in [0.25, 0.3) is 0 Å². The molecule has 1 aliphatic rings. The van der Waals surface area contributed by atoms with Gasteiger partial charge in [0.05, 0.1) is 6.61 Å². The minimum absolute atomic E-state index is 0.206. The lowest BCUT2D eigenvalue weighted by Crippen LogP contribution is -2.34. The molecular formula is C16H23BrClNO. The maximum atomic E-state index is 6.15. The Hall–Kier alpha value is -0.250. The number of halogens is 2. The molecule has 2 rings (SSSR count). The molecule has 1 N–H and O–H groups in total. The van der Waals surface area contributed by atoms with Crippen LogP contribution in [0.2, 0.25) is 0 Å². The van der Waals surface area contributed by atoms with E-state index in [0.29, 0.717) is 5.88 Å². The monoisotopic (exact) mass is 359 g/mol. The van der Waals surface area contributed by atoms with Crippen LogP contribution < -0.4 is 10.1 Å². The molecule has 1 heterocycles. The maximum Gasteiger partial charge on any atom is 0.127 e. The summed E-state index contributed by atoms with van der Waals surface area (Å²) in [7, 11) is 0. The van der Waals surface area contributed by atoms with Crippen LogP contribution in [0, 0.1) is 5.41 Å². The standard InChI is InChI=1S/C16H23BrClNO/c1-3-16(4-2,10-18)11-19-9-13-8-14(17)7-12-5-6-20-15(12)13/h7-8,19H,3-6,9-11H2,1-2H3. The smallest absolute Gasteiger partial charge is 0.127 e. The zero-order chi connectivity index (χ0) is 14.6. The summed E-state index contributed by atoms with van der Waals surface area (Å²) in [4.78, 5) is 0. The van der Waals surface area contributed by atoms with E-state index >= 15 is 0 Å². The summed E-state index contributed by atoms with van der Waals surface area (Å²) in [5.41, 5.74) is 2.76. The van der Waals surface area contributed by atoms with Crippen molar-refractivity contribution in [3.8, 4) is 5.75 Å². The van der Waals surface area contributed by atoms with Gasteiger partial charge in [0.2, 0.25) is 0 Å². The molecule has 0 saturated heterocycles. The first-order chi connectivity index (χ1) is 9.64. The maximum absolute atomic E-state index is 6.15. The van der Waals surface area contributed by atoms with Gasteiger partial charge >= 0.3 is 0 Å². The van der Waals surface area contributed by atoms with E-state index in [4.69, 9.17) is 16.3 Å². The van der Waals surface area contributed by atoms with Gasteiger partial charge in [-0.25, -0.2) is 0 Å². The largest absolute Gasteiger partial charge is 0.493 e. The predicted molar refractivity (Wildman–Crippen MR) is 88.8 cm³/mol. The highest BCUT2D eigenvalue weighted by atomic mass is 79.9. The number of alkyl halides is 1. The zero-order valence-corrected chi connectivity index (χ0v) is 14.6. The molecule has 0 radical (unpaired) electrons. The van der Waals surface area contributed by atoms with Crippen LogP contribution in [0.15, 0.2) is 16.6 Å². The lowest BCUT2D eigenvalue weighted by molar-refractivity contribution is 0.285. The molecule has 0 unspecified atom stereocenters. The second-order valence-electron chi connectivity index (χ2n) is 5.60. The van der Waals surface area contributed by atoms with E-state index in [0.717, 1.165) is 49.2 Å². The van der Waals surface area contributed by atoms with E-state index in [1.807, 2.05) is 0 Å². The van der Waals surface area contributed by atoms with Gasteiger partial charge in [-0.3, -0.25) is 0 Å². The first kappa shape index (κ1) is 16.1. The minimum Gasteiger partial charge on any atom is -0.493 e. The summed E-state index contributed by atoms with van der Waals surface area (Å²) in [5, 5.41) is 3.57. The number of nitrogens with one attached hydrogen (secondary N) is 1. The second kappa shape index (κ2) is 7.15. The molecule has 0 fully saturated rings. The van der Waals surface area contributed by atoms with Crippen molar-refractivity contribution in [1.29, 1.82) is 0 Å². The van der Waals surface area contributed by atoms with Gasteiger partial charge in [0.15, 0.2) is 0 Å². The van der Waals surface area contributed by atoms with E-state index in [2.05, 4.69) is 47.2 Å². The van der Waals surface area contributed by atoms with Crippen LogP contribution >= 0.6 is 27.5 Å². The molecule has 0 spiro atoms. The third kappa shape index (κ3) is 3.49. The van der Waals surface area contributed by atoms with Crippen molar-refractivity contribution in [2.75, 3.05) is 19.0 Å². The summed E-state index contributed by atoms with van der Waals surface area (Å²) >= 11 is 9.74. The molecule has 1 aromatic carbocycles. The molecule has 2 nitrogen and oxygen atoms in total. The molecule has 0 amide bonds. The van der Waals surface area contributed by atoms with E-state index in [1.54, 1.807) is 0 Å². The lowest BCUT2D eigenvalue weighted by Gasteiger charge is -2.29. The molecule has 112 valence electrons. The molecule has 0 aliphatic carbocycles. The van der Waals surface area contributed by atoms with E-state index in [1.165, 1.54) is 11.1 Å². The van der Waals surface area contributed by atoms with E-state index in [-0.39, 0.29) is 5.41 Å². The van der Waals surface area contributed by atoms with Crippen LogP contribution in [-0.2, 0) is 13.0 Å². The predicted octanol–water partition coefficient (Wildman–Crippen LogP) is 4.52. The zero-order valence-electron chi connectivity index (χ0n) is 12.3. The van der Waals surface area contributed by atoms with Gasteiger partial charge < -0.3 is 10.1 Å². The Morgan fingerprint density at radius 1 is 1.35 bits per heavy atom. The van der Waals surface area contributed by atoms with Crippen LogP contribution in [-0.4, -0.2) is 19.0 Å². The molecule has 0 atom stereocenters. The minimum atomic E-state index is 0.206. The molecule has 1 aromatic rings. The Balaban J connectivity index is 2.01. The van der Waals surface area contributed by atoms with Crippen molar-refractivity contribution in [2.24, 2.45) is 5.41 Å². The molecule has 0 saturated carbocycles. The fourth-order valence-electron chi connectivity index (χ4n) is 2.68. The van der Waals surface area contributed by atoms with Crippen molar-refractivity contribution in [2.45, 2.75) is 39.7 Å². The highest BCUT2D eigenvalue weighted by molar-refractivity contribution is 9.10.